The maximum atomic E-state index is 13.1. The fourth-order valence-electron chi connectivity index (χ4n) is 2.20. The van der Waals surface area contributed by atoms with Gasteiger partial charge in [-0.25, -0.2) is 4.39 Å². The topological polar surface area (TPSA) is 17.8 Å². The molecule has 0 aliphatic heterocycles. The van der Waals surface area contributed by atoms with Gasteiger partial charge in [0.15, 0.2) is 0 Å². The Morgan fingerprint density at radius 3 is 2.62 bits per heavy atom. The zero-order chi connectivity index (χ0) is 15.0. The van der Waals surface area contributed by atoms with Crippen LogP contribution in [0.2, 0.25) is 0 Å². The van der Waals surface area contributed by atoms with Crippen LogP contribution in [0.15, 0.2) is 48.7 Å². The summed E-state index contributed by atoms with van der Waals surface area (Å²) in [7, 11) is 0. The van der Waals surface area contributed by atoms with Crippen LogP contribution in [0.4, 0.5) is 17.6 Å². The standard InChI is InChI=1S/C15H10F4N2/c16-13-4-5-14-11(7-13)8-20-21(14)9-10-2-1-3-12(6-10)15(17,18)19/h1-8H,9H2. The lowest BCUT2D eigenvalue weighted by atomic mass is 10.1. The predicted octanol–water partition coefficient (Wildman–Crippen LogP) is 4.24. The van der Waals surface area contributed by atoms with E-state index in [0.29, 0.717) is 16.5 Å². The second-order valence-corrected chi connectivity index (χ2v) is 4.70. The molecule has 0 amide bonds. The van der Waals surface area contributed by atoms with E-state index in [9.17, 15) is 17.6 Å². The first kappa shape index (κ1) is 13.6. The Morgan fingerprint density at radius 1 is 1.05 bits per heavy atom. The number of nitrogens with zero attached hydrogens (tertiary/aromatic N) is 2. The lowest BCUT2D eigenvalue weighted by Gasteiger charge is -2.09. The Hall–Kier alpha value is -2.37. The van der Waals surface area contributed by atoms with Crippen molar-refractivity contribution in [1.29, 1.82) is 0 Å². The SMILES string of the molecule is Fc1ccc2c(cnn2Cc2cccc(C(F)(F)F)c2)c1. The zero-order valence-corrected chi connectivity index (χ0v) is 10.7. The van der Waals surface area contributed by atoms with E-state index in [-0.39, 0.29) is 12.4 Å². The van der Waals surface area contributed by atoms with Gasteiger partial charge < -0.3 is 0 Å². The highest BCUT2D eigenvalue weighted by molar-refractivity contribution is 5.78. The Labute approximate surface area is 117 Å². The van der Waals surface area contributed by atoms with E-state index in [1.54, 1.807) is 16.8 Å². The molecule has 0 aliphatic rings. The van der Waals surface area contributed by atoms with Gasteiger partial charge in [0, 0.05) is 5.39 Å². The Bertz CT molecular complexity index is 790. The average molecular weight is 294 g/mol. The molecule has 0 spiro atoms. The van der Waals surface area contributed by atoms with E-state index in [0.717, 1.165) is 12.1 Å². The van der Waals surface area contributed by atoms with Gasteiger partial charge in [-0.15, -0.1) is 0 Å². The largest absolute Gasteiger partial charge is 0.416 e. The molecule has 1 aromatic heterocycles. The molecule has 2 aromatic carbocycles. The molecule has 0 radical (unpaired) electrons. The van der Waals surface area contributed by atoms with Crippen molar-refractivity contribution in [3.8, 4) is 0 Å². The highest BCUT2D eigenvalue weighted by Gasteiger charge is 2.30. The lowest BCUT2D eigenvalue weighted by molar-refractivity contribution is -0.137. The summed E-state index contributed by atoms with van der Waals surface area (Å²) in [4.78, 5) is 0. The monoisotopic (exact) mass is 294 g/mol. The summed E-state index contributed by atoms with van der Waals surface area (Å²) in [6, 6.07) is 9.29. The fourth-order valence-corrected chi connectivity index (χ4v) is 2.20. The molecule has 3 aromatic rings. The molecule has 0 bridgehead atoms. The van der Waals surface area contributed by atoms with Gasteiger partial charge in [0.25, 0.3) is 0 Å². The lowest BCUT2D eigenvalue weighted by Crippen LogP contribution is -2.07. The van der Waals surface area contributed by atoms with E-state index in [2.05, 4.69) is 5.10 Å². The molecule has 2 nitrogen and oxygen atoms in total. The summed E-state index contributed by atoms with van der Waals surface area (Å²) in [5.74, 6) is -0.374. The third-order valence-electron chi connectivity index (χ3n) is 3.19. The van der Waals surface area contributed by atoms with Crippen LogP contribution in [0.3, 0.4) is 0 Å². The number of fused-ring (bicyclic) bond motifs is 1. The minimum Gasteiger partial charge on any atom is -0.260 e. The van der Waals surface area contributed by atoms with Crippen LogP contribution in [-0.4, -0.2) is 9.78 Å². The summed E-state index contributed by atoms with van der Waals surface area (Å²) in [5.41, 5.74) is 0.468. The van der Waals surface area contributed by atoms with E-state index in [1.807, 2.05) is 0 Å². The molecule has 0 fully saturated rings. The highest BCUT2D eigenvalue weighted by atomic mass is 19.4. The quantitative estimate of drug-likeness (QED) is 0.646. The van der Waals surface area contributed by atoms with Gasteiger partial charge in [0.1, 0.15) is 5.82 Å². The van der Waals surface area contributed by atoms with Crippen LogP contribution in [0.1, 0.15) is 11.1 Å². The van der Waals surface area contributed by atoms with Crippen LogP contribution in [0, 0.1) is 5.82 Å². The van der Waals surface area contributed by atoms with E-state index in [4.69, 9.17) is 0 Å². The van der Waals surface area contributed by atoms with Crippen molar-refractivity contribution in [2.24, 2.45) is 0 Å². The molecule has 0 unspecified atom stereocenters. The van der Waals surface area contributed by atoms with Gasteiger partial charge in [-0.05, 0) is 35.9 Å². The number of benzene rings is 2. The molecule has 3 rings (SSSR count). The normalized spacial score (nSPS) is 12.0. The summed E-state index contributed by atoms with van der Waals surface area (Å²) in [6.45, 7) is 0.194. The molecule has 21 heavy (non-hydrogen) atoms. The highest BCUT2D eigenvalue weighted by Crippen LogP contribution is 2.29. The number of hydrogen-bond donors (Lipinski definition) is 0. The van der Waals surface area contributed by atoms with Crippen molar-refractivity contribution in [2.75, 3.05) is 0 Å². The molecule has 6 heteroatoms. The summed E-state index contributed by atoms with van der Waals surface area (Å²) >= 11 is 0. The predicted molar refractivity (Wildman–Crippen MR) is 70.2 cm³/mol. The molecular weight excluding hydrogens is 284 g/mol. The third kappa shape index (κ3) is 2.74. The number of rotatable bonds is 2. The Morgan fingerprint density at radius 2 is 1.86 bits per heavy atom. The van der Waals surface area contributed by atoms with Gasteiger partial charge in [-0.1, -0.05) is 12.1 Å². The molecule has 0 saturated carbocycles. The van der Waals surface area contributed by atoms with Crippen molar-refractivity contribution in [3.05, 3.63) is 65.6 Å². The van der Waals surface area contributed by atoms with Crippen LogP contribution in [0.5, 0.6) is 0 Å². The van der Waals surface area contributed by atoms with Crippen molar-refractivity contribution in [3.63, 3.8) is 0 Å². The maximum absolute atomic E-state index is 13.1. The second-order valence-electron chi connectivity index (χ2n) is 4.70. The van der Waals surface area contributed by atoms with Gasteiger partial charge in [-0.2, -0.15) is 18.3 Å². The van der Waals surface area contributed by atoms with Crippen molar-refractivity contribution < 1.29 is 17.6 Å². The smallest absolute Gasteiger partial charge is 0.260 e. The van der Waals surface area contributed by atoms with Gasteiger partial charge in [0.2, 0.25) is 0 Å². The Balaban J connectivity index is 1.95. The molecular formula is C15H10F4N2. The van der Waals surface area contributed by atoms with E-state index in [1.165, 1.54) is 24.4 Å². The molecule has 0 aliphatic carbocycles. The maximum Gasteiger partial charge on any atom is 0.416 e. The van der Waals surface area contributed by atoms with Gasteiger partial charge >= 0.3 is 6.18 Å². The fraction of sp³-hybridized carbons (Fsp3) is 0.133. The second kappa shape index (κ2) is 4.87. The van der Waals surface area contributed by atoms with Crippen molar-refractivity contribution in [1.82, 2.24) is 9.78 Å². The van der Waals surface area contributed by atoms with E-state index < -0.39 is 11.7 Å². The molecule has 0 atom stereocenters. The average Bonchev–Trinajstić information content (AvgIpc) is 2.80. The number of aromatic nitrogens is 2. The number of halogens is 4. The zero-order valence-electron chi connectivity index (χ0n) is 10.7. The first-order valence-corrected chi connectivity index (χ1v) is 6.21. The Kier molecular flexibility index (Phi) is 3.16. The van der Waals surface area contributed by atoms with Crippen LogP contribution >= 0.6 is 0 Å². The summed E-state index contributed by atoms with van der Waals surface area (Å²) < 4.78 is 52.7. The summed E-state index contributed by atoms with van der Waals surface area (Å²) in [5, 5.41) is 4.71. The molecule has 108 valence electrons. The number of hydrogen-bond acceptors (Lipinski definition) is 1. The summed E-state index contributed by atoms with van der Waals surface area (Å²) in [6.07, 6.45) is -2.88. The number of alkyl halides is 3. The van der Waals surface area contributed by atoms with Crippen molar-refractivity contribution in [2.45, 2.75) is 12.7 Å². The minimum atomic E-state index is -4.37. The minimum absolute atomic E-state index is 0.194. The van der Waals surface area contributed by atoms with E-state index >= 15 is 0 Å². The molecule has 0 N–H and O–H groups in total. The van der Waals surface area contributed by atoms with Crippen LogP contribution in [-0.2, 0) is 12.7 Å². The van der Waals surface area contributed by atoms with Crippen molar-refractivity contribution >= 4 is 10.9 Å². The molecule has 1 heterocycles. The van der Waals surface area contributed by atoms with Crippen LogP contribution < -0.4 is 0 Å². The van der Waals surface area contributed by atoms with Gasteiger partial charge in [0.05, 0.1) is 23.8 Å². The molecule has 0 saturated heterocycles. The first-order valence-electron chi connectivity index (χ1n) is 6.21. The van der Waals surface area contributed by atoms with Gasteiger partial charge in [-0.3, -0.25) is 4.68 Å². The first-order chi connectivity index (χ1) is 9.93. The van der Waals surface area contributed by atoms with Crippen LogP contribution in [0.25, 0.3) is 10.9 Å². The third-order valence-corrected chi connectivity index (χ3v) is 3.19.